The van der Waals surface area contributed by atoms with E-state index in [0.717, 1.165) is 0 Å². The van der Waals surface area contributed by atoms with Crippen molar-refractivity contribution >= 4 is 5.91 Å². The quantitative estimate of drug-likeness (QED) is 0.665. The fourth-order valence-corrected chi connectivity index (χ4v) is 1.02. The zero-order chi connectivity index (χ0) is 10.6. The molecule has 0 aliphatic heterocycles. The Morgan fingerprint density at radius 2 is 2.21 bits per heavy atom. The molecular weight excluding hydrogens is 183 g/mol. The molecule has 0 aliphatic rings. The van der Waals surface area contributed by atoms with Gasteiger partial charge in [0, 0.05) is 7.05 Å². The van der Waals surface area contributed by atoms with Crippen molar-refractivity contribution in [2.75, 3.05) is 13.6 Å². The van der Waals surface area contributed by atoms with Crippen LogP contribution < -0.4 is 0 Å². The third-order valence-electron chi connectivity index (χ3n) is 1.76. The maximum Gasteiger partial charge on any atom is 0.257 e. The van der Waals surface area contributed by atoms with Gasteiger partial charge in [-0.1, -0.05) is 12.1 Å². The van der Waals surface area contributed by atoms with E-state index >= 15 is 0 Å². The van der Waals surface area contributed by atoms with Gasteiger partial charge in [0.1, 0.15) is 12.4 Å². The highest BCUT2D eigenvalue weighted by Crippen LogP contribution is 2.08. The molecule has 1 rings (SSSR count). The predicted molar refractivity (Wildman–Crippen MR) is 49.0 cm³/mol. The number of nitriles is 1. The van der Waals surface area contributed by atoms with Crippen LogP contribution in [0.2, 0.25) is 0 Å². The van der Waals surface area contributed by atoms with Gasteiger partial charge >= 0.3 is 0 Å². The molecule has 14 heavy (non-hydrogen) atoms. The number of amides is 1. The average molecular weight is 192 g/mol. The number of halogens is 1. The Balaban J connectivity index is 2.91. The highest BCUT2D eigenvalue weighted by molar-refractivity contribution is 5.94. The van der Waals surface area contributed by atoms with E-state index in [9.17, 15) is 9.18 Å². The monoisotopic (exact) mass is 192 g/mol. The second-order valence-corrected chi connectivity index (χ2v) is 2.80. The number of nitrogens with zero attached hydrogens (tertiary/aromatic N) is 2. The third-order valence-corrected chi connectivity index (χ3v) is 1.76. The van der Waals surface area contributed by atoms with Gasteiger partial charge in [0.15, 0.2) is 0 Å². The molecular formula is C10H9FN2O. The van der Waals surface area contributed by atoms with Gasteiger partial charge < -0.3 is 4.90 Å². The van der Waals surface area contributed by atoms with Crippen LogP contribution in [0.25, 0.3) is 0 Å². The van der Waals surface area contributed by atoms with Crippen LogP contribution in [0.5, 0.6) is 0 Å². The summed E-state index contributed by atoms with van der Waals surface area (Å²) < 4.78 is 13.1. The number of benzene rings is 1. The molecule has 0 spiro atoms. The average Bonchev–Trinajstić information content (AvgIpc) is 2.18. The lowest BCUT2D eigenvalue weighted by Gasteiger charge is -2.12. The molecule has 1 amide bonds. The molecule has 0 aliphatic carbocycles. The standard InChI is InChI=1S/C10H9FN2O/c1-13(7-6-12)10(14)8-4-2-3-5-9(8)11/h2-5H,7H2,1H3. The fourth-order valence-electron chi connectivity index (χ4n) is 1.02. The van der Waals surface area contributed by atoms with Crippen LogP contribution in [-0.4, -0.2) is 24.4 Å². The second kappa shape index (κ2) is 4.38. The van der Waals surface area contributed by atoms with Crippen molar-refractivity contribution in [3.05, 3.63) is 35.6 Å². The highest BCUT2D eigenvalue weighted by atomic mass is 19.1. The van der Waals surface area contributed by atoms with E-state index in [1.165, 1.54) is 30.1 Å². The lowest BCUT2D eigenvalue weighted by atomic mass is 10.2. The summed E-state index contributed by atoms with van der Waals surface area (Å²) in [5.74, 6) is -1.05. The summed E-state index contributed by atoms with van der Waals surface area (Å²) in [7, 11) is 1.46. The fraction of sp³-hybridized carbons (Fsp3) is 0.200. The summed E-state index contributed by atoms with van der Waals surface area (Å²) in [4.78, 5) is 12.7. The number of hydrogen-bond acceptors (Lipinski definition) is 2. The van der Waals surface area contributed by atoms with E-state index in [-0.39, 0.29) is 12.1 Å². The summed E-state index contributed by atoms with van der Waals surface area (Å²) in [6, 6.07) is 7.52. The summed E-state index contributed by atoms with van der Waals surface area (Å²) in [6.07, 6.45) is 0. The molecule has 3 nitrogen and oxygen atoms in total. The molecule has 1 aromatic carbocycles. The molecule has 0 N–H and O–H groups in total. The van der Waals surface area contributed by atoms with E-state index in [0.29, 0.717) is 0 Å². The number of carbonyl (C=O) groups is 1. The summed E-state index contributed by atoms with van der Waals surface area (Å²) in [6.45, 7) is -0.0484. The van der Waals surface area contributed by atoms with Crippen LogP contribution in [0.15, 0.2) is 24.3 Å². The van der Waals surface area contributed by atoms with Crippen LogP contribution in [-0.2, 0) is 0 Å². The maximum atomic E-state index is 13.1. The molecule has 0 radical (unpaired) electrons. The predicted octanol–water partition coefficient (Wildman–Crippen LogP) is 1.42. The van der Waals surface area contributed by atoms with Crippen LogP contribution in [0.1, 0.15) is 10.4 Å². The summed E-state index contributed by atoms with van der Waals surface area (Å²) in [5, 5.41) is 8.36. The number of hydrogen-bond donors (Lipinski definition) is 0. The first-order valence-corrected chi connectivity index (χ1v) is 4.03. The van der Waals surface area contributed by atoms with Crippen LogP contribution >= 0.6 is 0 Å². The van der Waals surface area contributed by atoms with E-state index in [1.54, 1.807) is 6.07 Å². The molecule has 0 atom stereocenters. The topological polar surface area (TPSA) is 44.1 Å². The summed E-state index contributed by atoms with van der Waals surface area (Å²) >= 11 is 0. The Morgan fingerprint density at radius 3 is 2.79 bits per heavy atom. The number of rotatable bonds is 2. The SMILES string of the molecule is CN(CC#N)C(=O)c1ccccc1F. The number of carbonyl (C=O) groups excluding carboxylic acids is 1. The molecule has 72 valence electrons. The van der Waals surface area contributed by atoms with Gasteiger partial charge in [0.2, 0.25) is 0 Å². The molecule has 0 saturated heterocycles. The second-order valence-electron chi connectivity index (χ2n) is 2.80. The molecule has 0 aromatic heterocycles. The first-order chi connectivity index (χ1) is 6.66. The lowest BCUT2D eigenvalue weighted by Crippen LogP contribution is -2.27. The Morgan fingerprint density at radius 1 is 1.57 bits per heavy atom. The van der Waals surface area contributed by atoms with Crippen molar-refractivity contribution in [1.82, 2.24) is 4.90 Å². The van der Waals surface area contributed by atoms with Crippen LogP contribution in [0.4, 0.5) is 4.39 Å². The lowest BCUT2D eigenvalue weighted by molar-refractivity contribution is 0.0807. The Labute approximate surface area is 81.4 Å². The zero-order valence-corrected chi connectivity index (χ0v) is 7.70. The molecule has 0 fully saturated rings. The van der Waals surface area contributed by atoms with Gasteiger partial charge in [-0.25, -0.2) is 4.39 Å². The molecule has 0 heterocycles. The summed E-state index contributed by atoms with van der Waals surface area (Å²) in [5.41, 5.74) is -0.00903. The largest absolute Gasteiger partial charge is 0.328 e. The van der Waals surface area contributed by atoms with Gasteiger partial charge in [0.05, 0.1) is 11.6 Å². The Bertz CT molecular complexity index is 384. The normalized spacial score (nSPS) is 9.21. The van der Waals surface area contributed by atoms with Crippen molar-refractivity contribution < 1.29 is 9.18 Å². The van der Waals surface area contributed by atoms with Gasteiger partial charge in [-0.2, -0.15) is 5.26 Å². The van der Waals surface area contributed by atoms with Crippen molar-refractivity contribution in [1.29, 1.82) is 5.26 Å². The molecule has 4 heteroatoms. The van der Waals surface area contributed by atoms with Crippen molar-refractivity contribution in [2.24, 2.45) is 0 Å². The molecule has 0 saturated carbocycles. The van der Waals surface area contributed by atoms with Crippen molar-refractivity contribution in [2.45, 2.75) is 0 Å². The highest BCUT2D eigenvalue weighted by Gasteiger charge is 2.14. The van der Waals surface area contributed by atoms with E-state index < -0.39 is 11.7 Å². The minimum absolute atomic E-state index is 0.00903. The van der Waals surface area contributed by atoms with Gasteiger partial charge in [-0.3, -0.25) is 4.79 Å². The first kappa shape index (κ1) is 10.2. The van der Waals surface area contributed by atoms with Gasteiger partial charge in [-0.05, 0) is 12.1 Å². The van der Waals surface area contributed by atoms with Gasteiger partial charge in [-0.15, -0.1) is 0 Å². The van der Waals surface area contributed by atoms with Gasteiger partial charge in [0.25, 0.3) is 5.91 Å². The third kappa shape index (κ3) is 2.07. The zero-order valence-electron chi connectivity index (χ0n) is 7.70. The Kier molecular flexibility index (Phi) is 3.19. The molecule has 0 unspecified atom stereocenters. The van der Waals surface area contributed by atoms with E-state index in [1.807, 2.05) is 6.07 Å². The maximum absolute atomic E-state index is 13.1. The molecule has 0 bridgehead atoms. The minimum Gasteiger partial charge on any atom is -0.328 e. The smallest absolute Gasteiger partial charge is 0.257 e. The van der Waals surface area contributed by atoms with E-state index in [4.69, 9.17) is 5.26 Å². The van der Waals surface area contributed by atoms with Crippen molar-refractivity contribution in [3.8, 4) is 6.07 Å². The van der Waals surface area contributed by atoms with Crippen LogP contribution in [0.3, 0.4) is 0 Å². The Hall–Kier alpha value is -1.89. The minimum atomic E-state index is -0.567. The first-order valence-electron chi connectivity index (χ1n) is 4.03. The van der Waals surface area contributed by atoms with Crippen molar-refractivity contribution in [3.63, 3.8) is 0 Å². The molecule has 1 aromatic rings. The van der Waals surface area contributed by atoms with Crippen LogP contribution in [0, 0.1) is 17.1 Å². The van der Waals surface area contributed by atoms with E-state index in [2.05, 4.69) is 0 Å².